The van der Waals surface area contributed by atoms with Crippen LogP contribution < -0.4 is 0 Å². The van der Waals surface area contributed by atoms with E-state index in [0.717, 1.165) is 16.0 Å². The number of carbonyl (C=O) groups is 1. The third kappa shape index (κ3) is 3.30. The summed E-state index contributed by atoms with van der Waals surface area (Å²) in [6.45, 7) is 3.99. The van der Waals surface area contributed by atoms with Gasteiger partial charge in [-0.1, -0.05) is 6.07 Å². The fourth-order valence-electron chi connectivity index (χ4n) is 1.71. The zero-order chi connectivity index (χ0) is 14.7. The molecule has 4 nitrogen and oxygen atoms in total. The van der Waals surface area contributed by atoms with E-state index in [1.165, 1.54) is 12.3 Å². The number of aryl methyl sites for hydroxylation is 2. The summed E-state index contributed by atoms with van der Waals surface area (Å²) >= 11 is 0. The number of carboxylic acid groups (broad SMARTS) is 1. The van der Waals surface area contributed by atoms with Gasteiger partial charge < -0.3 is 5.11 Å². The van der Waals surface area contributed by atoms with Crippen molar-refractivity contribution in [2.24, 2.45) is 0 Å². The molecule has 1 unspecified atom stereocenters. The molecule has 0 aliphatic heterocycles. The van der Waals surface area contributed by atoms with Gasteiger partial charge in [-0.25, -0.2) is 4.79 Å². The molecule has 0 aliphatic carbocycles. The molecule has 20 heavy (non-hydrogen) atoms. The average Bonchev–Trinajstić information content (AvgIpc) is 2.42. The number of aromatic carboxylic acids is 1. The molecule has 0 aliphatic rings. The largest absolute Gasteiger partial charge is 0.478 e. The van der Waals surface area contributed by atoms with E-state index in [9.17, 15) is 9.00 Å². The van der Waals surface area contributed by atoms with Gasteiger partial charge in [0, 0.05) is 11.1 Å². The van der Waals surface area contributed by atoms with E-state index in [1.54, 1.807) is 6.07 Å². The molecule has 0 bridgehead atoms. The van der Waals surface area contributed by atoms with Crippen molar-refractivity contribution >= 4 is 16.8 Å². The number of carboxylic acids is 1. The van der Waals surface area contributed by atoms with Gasteiger partial charge in [0.05, 0.1) is 27.8 Å². The summed E-state index contributed by atoms with van der Waals surface area (Å²) in [5.74, 6) is -0.734. The van der Waals surface area contributed by atoms with Gasteiger partial charge in [0.1, 0.15) is 0 Å². The summed E-state index contributed by atoms with van der Waals surface area (Å²) in [6.07, 6.45) is 1.29. The molecule has 0 saturated heterocycles. The van der Waals surface area contributed by atoms with Crippen molar-refractivity contribution in [1.82, 2.24) is 4.98 Å². The molecule has 1 atom stereocenters. The highest BCUT2D eigenvalue weighted by Gasteiger charge is 2.09. The summed E-state index contributed by atoms with van der Waals surface area (Å²) in [5.41, 5.74) is 3.01. The van der Waals surface area contributed by atoms with Gasteiger partial charge in [0.15, 0.2) is 0 Å². The summed E-state index contributed by atoms with van der Waals surface area (Å²) < 4.78 is 12.3. The summed E-state index contributed by atoms with van der Waals surface area (Å²) in [7, 11) is -1.18. The molecular weight excluding hydrogens is 274 g/mol. The highest BCUT2D eigenvalue weighted by molar-refractivity contribution is 7.84. The van der Waals surface area contributed by atoms with Gasteiger partial charge in [-0.05, 0) is 49.2 Å². The topological polar surface area (TPSA) is 67.3 Å². The second kappa shape index (κ2) is 5.96. The first-order valence-electron chi connectivity index (χ1n) is 6.11. The second-order valence-electron chi connectivity index (χ2n) is 4.58. The quantitative estimate of drug-likeness (QED) is 0.939. The van der Waals surface area contributed by atoms with Crippen LogP contribution in [0.4, 0.5) is 0 Å². The zero-order valence-electron chi connectivity index (χ0n) is 11.3. The lowest BCUT2D eigenvalue weighted by atomic mass is 10.1. The minimum absolute atomic E-state index is 0.130. The molecular formula is C15H15NO3S. The fourth-order valence-corrected chi connectivity index (χ4v) is 2.84. The number of nitrogens with zero attached hydrogens (tertiary/aromatic N) is 1. The average molecular weight is 289 g/mol. The maximum atomic E-state index is 12.3. The SMILES string of the molecule is Cc1ccc(S(=O)Cc2ccc(C(=O)O)cn2)cc1C. The van der Waals surface area contributed by atoms with Crippen LogP contribution in [0.25, 0.3) is 0 Å². The highest BCUT2D eigenvalue weighted by atomic mass is 32.2. The van der Waals surface area contributed by atoms with Crippen molar-refractivity contribution in [1.29, 1.82) is 0 Å². The minimum Gasteiger partial charge on any atom is -0.478 e. The normalized spacial score (nSPS) is 12.1. The Balaban J connectivity index is 2.14. The molecule has 0 fully saturated rings. The van der Waals surface area contributed by atoms with Crippen LogP contribution in [-0.2, 0) is 16.6 Å². The van der Waals surface area contributed by atoms with Gasteiger partial charge in [0.25, 0.3) is 0 Å². The predicted molar refractivity (Wildman–Crippen MR) is 77.2 cm³/mol. The molecule has 0 amide bonds. The number of hydrogen-bond donors (Lipinski definition) is 1. The van der Waals surface area contributed by atoms with Gasteiger partial charge in [0.2, 0.25) is 0 Å². The Hall–Kier alpha value is -2.01. The van der Waals surface area contributed by atoms with E-state index in [2.05, 4.69) is 4.98 Å². The van der Waals surface area contributed by atoms with Crippen LogP contribution in [-0.4, -0.2) is 20.3 Å². The Kier molecular flexibility index (Phi) is 4.29. The van der Waals surface area contributed by atoms with Crippen molar-refractivity contribution < 1.29 is 14.1 Å². The van der Waals surface area contributed by atoms with E-state index in [4.69, 9.17) is 5.11 Å². The Bertz CT molecular complexity index is 665. The molecule has 104 valence electrons. The second-order valence-corrected chi connectivity index (χ2v) is 6.03. The lowest BCUT2D eigenvalue weighted by molar-refractivity contribution is 0.0696. The van der Waals surface area contributed by atoms with Crippen LogP contribution >= 0.6 is 0 Å². The summed E-state index contributed by atoms with van der Waals surface area (Å²) in [6, 6.07) is 8.79. The fraction of sp³-hybridized carbons (Fsp3) is 0.200. The molecule has 0 radical (unpaired) electrons. The first-order valence-corrected chi connectivity index (χ1v) is 7.43. The number of benzene rings is 1. The lowest BCUT2D eigenvalue weighted by Gasteiger charge is -2.05. The van der Waals surface area contributed by atoms with Crippen LogP contribution in [0.2, 0.25) is 0 Å². The van der Waals surface area contributed by atoms with Crippen molar-refractivity contribution in [3.63, 3.8) is 0 Å². The van der Waals surface area contributed by atoms with Crippen LogP contribution in [0, 0.1) is 13.8 Å². The van der Waals surface area contributed by atoms with Crippen molar-refractivity contribution in [3.05, 3.63) is 58.9 Å². The van der Waals surface area contributed by atoms with Crippen LogP contribution in [0.1, 0.15) is 27.2 Å². The molecule has 1 N–H and O–H groups in total. The van der Waals surface area contributed by atoms with Gasteiger partial charge in [-0.15, -0.1) is 0 Å². The molecule has 0 saturated carbocycles. The van der Waals surface area contributed by atoms with E-state index in [1.807, 2.05) is 32.0 Å². The standard InChI is InChI=1S/C15H15NO3S/c1-10-3-6-14(7-11(10)2)20(19)9-13-5-4-12(8-16-13)15(17)18/h3-8H,9H2,1-2H3,(H,17,18). The molecule has 1 heterocycles. The maximum Gasteiger partial charge on any atom is 0.337 e. The Labute approximate surface area is 119 Å². The molecule has 0 spiro atoms. The highest BCUT2D eigenvalue weighted by Crippen LogP contribution is 2.16. The number of pyridine rings is 1. The van der Waals surface area contributed by atoms with Gasteiger partial charge in [-0.2, -0.15) is 0 Å². The van der Waals surface area contributed by atoms with Crippen molar-refractivity contribution in [3.8, 4) is 0 Å². The predicted octanol–water partition coefficient (Wildman–Crippen LogP) is 2.70. The van der Waals surface area contributed by atoms with Gasteiger partial charge in [-0.3, -0.25) is 9.19 Å². The van der Waals surface area contributed by atoms with E-state index in [-0.39, 0.29) is 11.3 Å². The number of aromatic nitrogens is 1. The molecule has 5 heteroatoms. The minimum atomic E-state index is -1.18. The maximum absolute atomic E-state index is 12.3. The smallest absolute Gasteiger partial charge is 0.337 e. The molecule has 1 aromatic heterocycles. The van der Waals surface area contributed by atoms with Crippen molar-refractivity contribution in [2.45, 2.75) is 24.5 Å². The molecule has 2 aromatic rings. The third-order valence-electron chi connectivity index (χ3n) is 3.09. The Morgan fingerprint density at radius 1 is 1.20 bits per heavy atom. The van der Waals surface area contributed by atoms with Crippen LogP contribution in [0.3, 0.4) is 0 Å². The van der Waals surface area contributed by atoms with E-state index < -0.39 is 16.8 Å². The van der Waals surface area contributed by atoms with Crippen LogP contribution in [0.5, 0.6) is 0 Å². The molecule has 1 aromatic carbocycles. The van der Waals surface area contributed by atoms with Gasteiger partial charge >= 0.3 is 5.97 Å². The monoisotopic (exact) mass is 289 g/mol. The number of rotatable bonds is 4. The summed E-state index contributed by atoms with van der Waals surface area (Å²) in [4.78, 5) is 15.5. The first-order chi connectivity index (χ1) is 9.47. The Morgan fingerprint density at radius 3 is 2.50 bits per heavy atom. The summed E-state index contributed by atoms with van der Waals surface area (Å²) in [5, 5.41) is 8.79. The third-order valence-corrected chi connectivity index (χ3v) is 4.43. The number of hydrogen-bond acceptors (Lipinski definition) is 3. The van der Waals surface area contributed by atoms with Crippen LogP contribution in [0.15, 0.2) is 41.4 Å². The van der Waals surface area contributed by atoms with E-state index in [0.29, 0.717) is 5.69 Å². The first kappa shape index (κ1) is 14.4. The van der Waals surface area contributed by atoms with E-state index >= 15 is 0 Å². The Morgan fingerprint density at radius 2 is 1.95 bits per heavy atom. The lowest BCUT2D eigenvalue weighted by Crippen LogP contribution is -2.02. The zero-order valence-corrected chi connectivity index (χ0v) is 12.1. The molecule has 2 rings (SSSR count). The van der Waals surface area contributed by atoms with Crippen molar-refractivity contribution in [2.75, 3.05) is 0 Å².